The minimum atomic E-state index is -0.467. The van der Waals surface area contributed by atoms with E-state index in [4.69, 9.17) is 14.2 Å². The molecule has 1 fully saturated rings. The molecule has 0 amide bonds. The minimum Gasteiger partial charge on any atom is -0.458 e. The molecule has 5 nitrogen and oxygen atoms in total. The number of hydrogen-bond donors (Lipinski definition) is 0. The van der Waals surface area contributed by atoms with E-state index in [0.717, 1.165) is 0 Å². The molecule has 0 aromatic rings. The standard InChI is InChI=1S/C9H14O5/c1-6(10)13-8-3-4-12-5-9(8)14-7(2)11/h8-9H,3-5H2,1-2H3/t8-,9-/m1/s1. The summed E-state index contributed by atoms with van der Waals surface area (Å²) >= 11 is 0. The highest BCUT2D eigenvalue weighted by molar-refractivity contribution is 5.67. The van der Waals surface area contributed by atoms with Gasteiger partial charge in [0.15, 0.2) is 6.10 Å². The van der Waals surface area contributed by atoms with Gasteiger partial charge < -0.3 is 14.2 Å². The Morgan fingerprint density at radius 3 is 2.29 bits per heavy atom. The Kier molecular flexibility index (Phi) is 3.88. The van der Waals surface area contributed by atoms with E-state index in [1.807, 2.05) is 0 Å². The maximum absolute atomic E-state index is 10.7. The third-order valence-electron chi connectivity index (χ3n) is 1.88. The summed E-state index contributed by atoms with van der Waals surface area (Å²) in [6.07, 6.45) is -0.271. The molecule has 1 aliphatic rings. The van der Waals surface area contributed by atoms with Crippen LogP contribution in [0.4, 0.5) is 0 Å². The van der Waals surface area contributed by atoms with Crippen molar-refractivity contribution in [2.24, 2.45) is 0 Å². The van der Waals surface area contributed by atoms with Gasteiger partial charge in [0.25, 0.3) is 0 Å². The molecule has 2 atom stereocenters. The fourth-order valence-corrected chi connectivity index (χ4v) is 1.36. The van der Waals surface area contributed by atoms with Crippen LogP contribution in [-0.2, 0) is 23.8 Å². The molecule has 0 spiro atoms. The highest BCUT2D eigenvalue weighted by Crippen LogP contribution is 2.15. The molecule has 1 heterocycles. The molecule has 0 N–H and O–H groups in total. The van der Waals surface area contributed by atoms with Gasteiger partial charge in [-0.1, -0.05) is 0 Å². The Morgan fingerprint density at radius 2 is 1.71 bits per heavy atom. The molecule has 1 saturated heterocycles. The zero-order valence-corrected chi connectivity index (χ0v) is 8.32. The summed E-state index contributed by atoms with van der Waals surface area (Å²) in [4.78, 5) is 21.5. The predicted octanol–water partition coefficient (Wildman–Crippen LogP) is 0.270. The molecule has 0 bridgehead atoms. The SMILES string of the molecule is CC(=O)O[C@@H]1CCOC[C@H]1OC(C)=O. The van der Waals surface area contributed by atoms with Crippen LogP contribution in [0.1, 0.15) is 20.3 Å². The Hall–Kier alpha value is -1.10. The van der Waals surface area contributed by atoms with Crippen molar-refractivity contribution in [2.45, 2.75) is 32.5 Å². The Bertz CT molecular complexity index is 201. The minimum absolute atomic E-state index is 0.289. The zero-order valence-electron chi connectivity index (χ0n) is 8.32. The first-order chi connectivity index (χ1) is 6.59. The van der Waals surface area contributed by atoms with Crippen molar-refractivity contribution >= 4 is 11.9 Å². The molecule has 80 valence electrons. The maximum atomic E-state index is 10.7. The Labute approximate surface area is 82.3 Å². The highest BCUT2D eigenvalue weighted by atomic mass is 16.6. The molecular weight excluding hydrogens is 188 g/mol. The zero-order chi connectivity index (χ0) is 10.6. The van der Waals surface area contributed by atoms with Crippen molar-refractivity contribution in [3.05, 3.63) is 0 Å². The first kappa shape index (κ1) is 11.0. The van der Waals surface area contributed by atoms with Gasteiger partial charge in [0.2, 0.25) is 0 Å². The monoisotopic (exact) mass is 202 g/mol. The summed E-state index contributed by atoms with van der Waals surface area (Å²) < 4.78 is 15.1. The van der Waals surface area contributed by atoms with E-state index in [2.05, 4.69) is 0 Å². The van der Waals surface area contributed by atoms with Gasteiger partial charge in [-0.15, -0.1) is 0 Å². The van der Waals surface area contributed by atoms with E-state index in [0.29, 0.717) is 13.0 Å². The average Bonchev–Trinajstić information content (AvgIpc) is 2.06. The third-order valence-corrected chi connectivity index (χ3v) is 1.88. The van der Waals surface area contributed by atoms with Crippen LogP contribution in [0.25, 0.3) is 0 Å². The van der Waals surface area contributed by atoms with Crippen LogP contribution in [0.3, 0.4) is 0 Å². The molecule has 0 saturated carbocycles. The van der Waals surface area contributed by atoms with Gasteiger partial charge in [-0.3, -0.25) is 9.59 Å². The van der Waals surface area contributed by atoms with Crippen LogP contribution in [0.2, 0.25) is 0 Å². The van der Waals surface area contributed by atoms with Crippen molar-refractivity contribution < 1.29 is 23.8 Å². The number of rotatable bonds is 2. The summed E-state index contributed by atoms with van der Waals surface area (Å²) in [6, 6.07) is 0. The molecule has 5 heteroatoms. The van der Waals surface area contributed by atoms with Crippen LogP contribution < -0.4 is 0 Å². The molecule has 0 aromatic carbocycles. The molecular formula is C9H14O5. The quantitative estimate of drug-likeness (QED) is 0.601. The van der Waals surface area contributed by atoms with E-state index in [1.165, 1.54) is 13.8 Å². The van der Waals surface area contributed by atoms with Crippen molar-refractivity contribution in [3.8, 4) is 0 Å². The van der Waals surface area contributed by atoms with Gasteiger partial charge in [-0.2, -0.15) is 0 Å². The van der Waals surface area contributed by atoms with Crippen LogP contribution in [0.15, 0.2) is 0 Å². The van der Waals surface area contributed by atoms with Crippen molar-refractivity contribution in [2.75, 3.05) is 13.2 Å². The summed E-state index contributed by atoms with van der Waals surface area (Å²) in [5, 5.41) is 0. The second kappa shape index (κ2) is 4.95. The number of esters is 2. The van der Waals surface area contributed by atoms with Crippen molar-refractivity contribution in [1.82, 2.24) is 0 Å². The van der Waals surface area contributed by atoms with Crippen LogP contribution >= 0.6 is 0 Å². The Balaban J connectivity index is 2.49. The smallest absolute Gasteiger partial charge is 0.303 e. The number of carbonyl (C=O) groups is 2. The van der Waals surface area contributed by atoms with E-state index in [1.54, 1.807) is 0 Å². The first-order valence-electron chi connectivity index (χ1n) is 4.52. The van der Waals surface area contributed by atoms with Gasteiger partial charge >= 0.3 is 11.9 Å². The van der Waals surface area contributed by atoms with Gasteiger partial charge in [-0.25, -0.2) is 0 Å². The van der Waals surface area contributed by atoms with Crippen LogP contribution in [0, 0.1) is 0 Å². The fourth-order valence-electron chi connectivity index (χ4n) is 1.36. The number of ether oxygens (including phenoxy) is 3. The summed E-state index contributed by atoms with van der Waals surface area (Å²) in [7, 11) is 0. The van der Waals surface area contributed by atoms with Gasteiger partial charge in [0.05, 0.1) is 13.2 Å². The van der Waals surface area contributed by atoms with Gasteiger partial charge in [0.1, 0.15) is 6.10 Å². The molecule has 0 radical (unpaired) electrons. The largest absolute Gasteiger partial charge is 0.458 e. The summed E-state index contributed by atoms with van der Waals surface area (Å²) in [5.74, 6) is -0.758. The first-order valence-corrected chi connectivity index (χ1v) is 4.52. The lowest BCUT2D eigenvalue weighted by Gasteiger charge is -2.29. The molecule has 0 aliphatic carbocycles. The fraction of sp³-hybridized carbons (Fsp3) is 0.778. The highest BCUT2D eigenvalue weighted by Gasteiger charge is 2.30. The molecule has 0 aromatic heterocycles. The van der Waals surface area contributed by atoms with E-state index >= 15 is 0 Å². The van der Waals surface area contributed by atoms with E-state index < -0.39 is 12.1 Å². The number of carbonyl (C=O) groups excluding carboxylic acids is 2. The van der Waals surface area contributed by atoms with E-state index in [-0.39, 0.29) is 18.7 Å². The Morgan fingerprint density at radius 1 is 1.14 bits per heavy atom. The van der Waals surface area contributed by atoms with Gasteiger partial charge in [0, 0.05) is 20.3 Å². The van der Waals surface area contributed by atoms with Crippen molar-refractivity contribution in [1.29, 1.82) is 0 Å². The molecule has 14 heavy (non-hydrogen) atoms. The van der Waals surface area contributed by atoms with Crippen molar-refractivity contribution in [3.63, 3.8) is 0 Å². The normalized spacial score (nSPS) is 26.7. The lowest BCUT2D eigenvalue weighted by molar-refractivity contribution is -0.179. The molecule has 1 rings (SSSR count). The number of hydrogen-bond acceptors (Lipinski definition) is 5. The second-order valence-electron chi connectivity index (χ2n) is 3.16. The summed E-state index contributed by atoms with van der Waals surface area (Å²) in [5.41, 5.74) is 0. The molecule has 0 unspecified atom stereocenters. The molecule has 1 aliphatic heterocycles. The lowest BCUT2D eigenvalue weighted by atomic mass is 10.1. The average molecular weight is 202 g/mol. The summed E-state index contributed by atoms with van der Waals surface area (Å²) in [6.45, 7) is 3.47. The maximum Gasteiger partial charge on any atom is 0.303 e. The van der Waals surface area contributed by atoms with Gasteiger partial charge in [-0.05, 0) is 0 Å². The van der Waals surface area contributed by atoms with E-state index in [9.17, 15) is 9.59 Å². The third kappa shape index (κ3) is 3.33. The topological polar surface area (TPSA) is 61.8 Å². The van der Waals surface area contributed by atoms with Crippen LogP contribution in [0.5, 0.6) is 0 Å². The second-order valence-corrected chi connectivity index (χ2v) is 3.16. The predicted molar refractivity (Wildman–Crippen MR) is 46.5 cm³/mol. The lowest BCUT2D eigenvalue weighted by Crippen LogP contribution is -2.42. The van der Waals surface area contributed by atoms with Crippen LogP contribution in [-0.4, -0.2) is 37.4 Å².